The Bertz CT molecular complexity index is 286. The lowest BCUT2D eigenvalue weighted by molar-refractivity contribution is -0.143. The Morgan fingerprint density at radius 3 is 2.40 bits per heavy atom. The Hall–Kier alpha value is -0.620. The van der Waals surface area contributed by atoms with Crippen molar-refractivity contribution in [3.63, 3.8) is 0 Å². The lowest BCUT2D eigenvalue weighted by Crippen LogP contribution is -2.34. The third-order valence-electron chi connectivity index (χ3n) is 1.95. The highest BCUT2D eigenvalue weighted by molar-refractivity contribution is 7.89. The minimum Gasteiger partial charge on any atom is -0.465 e. The van der Waals surface area contributed by atoms with E-state index in [1.807, 2.05) is 6.92 Å². The highest BCUT2D eigenvalue weighted by atomic mass is 32.2. The molecular weight excluding hydrogens is 218 g/mol. The van der Waals surface area contributed by atoms with Crippen molar-refractivity contribution in [3.05, 3.63) is 0 Å². The molecule has 15 heavy (non-hydrogen) atoms. The number of rotatable bonds is 7. The van der Waals surface area contributed by atoms with Crippen molar-refractivity contribution in [1.29, 1.82) is 0 Å². The fourth-order valence-corrected chi connectivity index (χ4v) is 1.62. The molecule has 0 aromatic rings. The second kappa shape index (κ2) is 6.79. The van der Waals surface area contributed by atoms with E-state index in [9.17, 15) is 13.2 Å². The SMILES string of the molecule is CCCCOC(=O)CN(C)S(=O)(=O)CC. The molecule has 0 atom stereocenters. The van der Waals surface area contributed by atoms with Crippen molar-refractivity contribution < 1.29 is 17.9 Å². The zero-order chi connectivity index (χ0) is 11.9. The fourth-order valence-electron chi connectivity index (χ4n) is 0.877. The molecule has 0 aromatic carbocycles. The van der Waals surface area contributed by atoms with Gasteiger partial charge in [-0.25, -0.2) is 8.42 Å². The van der Waals surface area contributed by atoms with Crippen LogP contribution in [0.2, 0.25) is 0 Å². The smallest absolute Gasteiger partial charge is 0.321 e. The summed E-state index contributed by atoms with van der Waals surface area (Å²) in [6.45, 7) is 3.67. The Kier molecular flexibility index (Phi) is 6.51. The van der Waals surface area contributed by atoms with Crippen LogP contribution in [0.25, 0.3) is 0 Å². The zero-order valence-corrected chi connectivity index (χ0v) is 10.3. The summed E-state index contributed by atoms with van der Waals surface area (Å²) in [6.07, 6.45) is 1.74. The number of ether oxygens (including phenoxy) is 1. The molecular formula is C9H19NO4S. The molecule has 90 valence electrons. The van der Waals surface area contributed by atoms with Gasteiger partial charge in [0.05, 0.1) is 12.4 Å². The number of unbranched alkanes of at least 4 members (excludes halogenated alkanes) is 1. The monoisotopic (exact) mass is 237 g/mol. The Labute approximate surface area is 91.5 Å². The van der Waals surface area contributed by atoms with E-state index < -0.39 is 16.0 Å². The van der Waals surface area contributed by atoms with Crippen LogP contribution in [0, 0.1) is 0 Å². The van der Waals surface area contributed by atoms with Gasteiger partial charge in [-0.1, -0.05) is 13.3 Å². The maximum atomic E-state index is 11.3. The number of carbonyl (C=O) groups excluding carboxylic acids is 1. The first-order valence-electron chi connectivity index (χ1n) is 5.03. The molecule has 0 aliphatic heterocycles. The van der Waals surface area contributed by atoms with Crippen LogP contribution in [-0.4, -0.2) is 44.6 Å². The Morgan fingerprint density at radius 1 is 1.33 bits per heavy atom. The molecule has 0 fully saturated rings. The first-order chi connectivity index (χ1) is 6.94. The third-order valence-corrected chi connectivity index (χ3v) is 3.76. The summed E-state index contributed by atoms with van der Waals surface area (Å²) in [5.41, 5.74) is 0. The molecule has 0 amide bonds. The van der Waals surface area contributed by atoms with Crippen LogP contribution in [0.15, 0.2) is 0 Å². The van der Waals surface area contributed by atoms with E-state index in [1.54, 1.807) is 0 Å². The number of likely N-dealkylation sites (N-methyl/N-ethyl adjacent to an activating group) is 1. The van der Waals surface area contributed by atoms with E-state index in [-0.39, 0.29) is 12.3 Å². The second-order valence-corrected chi connectivity index (χ2v) is 5.60. The molecule has 0 aliphatic carbocycles. The van der Waals surface area contributed by atoms with Gasteiger partial charge < -0.3 is 4.74 Å². The van der Waals surface area contributed by atoms with Crippen molar-refractivity contribution in [2.45, 2.75) is 26.7 Å². The molecule has 0 aromatic heterocycles. The number of nitrogens with zero attached hydrogens (tertiary/aromatic N) is 1. The molecule has 0 bridgehead atoms. The van der Waals surface area contributed by atoms with Gasteiger partial charge in [-0.3, -0.25) is 4.79 Å². The number of esters is 1. The standard InChI is InChI=1S/C9H19NO4S/c1-4-6-7-14-9(11)8-10(3)15(12,13)5-2/h4-8H2,1-3H3. The summed E-state index contributed by atoms with van der Waals surface area (Å²) < 4.78 is 28.4. The van der Waals surface area contributed by atoms with Gasteiger partial charge in [-0.15, -0.1) is 0 Å². The third kappa shape index (κ3) is 5.74. The maximum Gasteiger partial charge on any atom is 0.321 e. The van der Waals surface area contributed by atoms with Gasteiger partial charge in [0, 0.05) is 7.05 Å². The van der Waals surface area contributed by atoms with Crippen LogP contribution in [0.3, 0.4) is 0 Å². The molecule has 5 nitrogen and oxygen atoms in total. The molecule has 0 unspecified atom stereocenters. The number of hydrogen-bond acceptors (Lipinski definition) is 4. The van der Waals surface area contributed by atoms with Crippen molar-refractivity contribution in [3.8, 4) is 0 Å². The van der Waals surface area contributed by atoms with Crippen LogP contribution in [0.4, 0.5) is 0 Å². The number of hydrogen-bond donors (Lipinski definition) is 0. The number of carbonyl (C=O) groups is 1. The minimum atomic E-state index is -3.29. The average Bonchev–Trinajstić information content (AvgIpc) is 2.18. The Morgan fingerprint density at radius 2 is 1.93 bits per heavy atom. The maximum absolute atomic E-state index is 11.3. The van der Waals surface area contributed by atoms with Crippen LogP contribution in [-0.2, 0) is 19.6 Å². The van der Waals surface area contributed by atoms with Gasteiger partial charge in [0.15, 0.2) is 0 Å². The predicted molar refractivity (Wildman–Crippen MR) is 58.0 cm³/mol. The second-order valence-electron chi connectivity index (χ2n) is 3.23. The summed E-state index contributed by atoms with van der Waals surface area (Å²) in [5.74, 6) is -0.505. The lowest BCUT2D eigenvalue weighted by Gasteiger charge is -2.14. The Balaban J connectivity index is 3.97. The largest absolute Gasteiger partial charge is 0.465 e. The van der Waals surface area contributed by atoms with Crippen LogP contribution in [0.1, 0.15) is 26.7 Å². The van der Waals surface area contributed by atoms with E-state index >= 15 is 0 Å². The topological polar surface area (TPSA) is 63.7 Å². The van der Waals surface area contributed by atoms with E-state index in [1.165, 1.54) is 14.0 Å². The van der Waals surface area contributed by atoms with Gasteiger partial charge in [-0.2, -0.15) is 4.31 Å². The van der Waals surface area contributed by atoms with Crippen molar-refractivity contribution in [2.75, 3.05) is 26.0 Å². The van der Waals surface area contributed by atoms with Gasteiger partial charge in [0.25, 0.3) is 0 Å². The first-order valence-corrected chi connectivity index (χ1v) is 6.64. The van der Waals surface area contributed by atoms with Gasteiger partial charge in [-0.05, 0) is 13.3 Å². The van der Waals surface area contributed by atoms with Crippen molar-refractivity contribution >= 4 is 16.0 Å². The molecule has 0 saturated heterocycles. The molecule has 0 rings (SSSR count). The van der Waals surface area contributed by atoms with E-state index in [0.717, 1.165) is 17.1 Å². The van der Waals surface area contributed by atoms with Crippen LogP contribution < -0.4 is 0 Å². The first kappa shape index (κ1) is 14.4. The molecule has 0 spiro atoms. The quantitative estimate of drug-likeness (QED) is 0.481. The normalized spacial score (nSPS) is 11.7. The summed E-state index contributed by atoms with van der Waals surface area (Å²) in [4.78, 5) is 11.2. The highest BCUT2D eigenvalue weighted by Crippen LogP contribution is 1.98. The van der Waals surface area contributed by atoms with Crippen LogP contribution >= 0.6 is 0 Å². The number of sulfonamides is 1. The summed E-state index contributed by atoms with van der Waals surface area (Å²) in [7, 11) is -1.92. The summed E-state index contributed by atoms with van der Waals surface area (Å²) in [5, 5.41) is 0. The molecule has 6 heteroatoms. The average molecular weight is 237 g/mol. The molecule has 0 saturated carbocycles. The van der Waals surface area contributed by atoms with Gasteiger partial charge in [0.2, 0.25) is 10.0 Å². The fraction of sp³-hybridized carbons (Fsp3) is 0.889. The highest BCUT2D eigenvalue weighted by Gasteiger charge is 2.18. The molecule has 0 aliphatic rings. The van der Waals surface area contributed by atoms with Crippen molar-refractivity contribution in [2.24, 2.45) is 0 Å². The van der Waals surface area contributed by atoms with Crippen molar-refractivity contribution in [1.82, 2.24) is 4.31 Å². The predicted octanol–water partition coefficient (Wildman–Crippen LogP) is 0.611. The van der Waals surface area contributed by atoms with E-state index in [4.69, 9.17) is 4.74 Å². The molecule has 0 radical (unpaired) electrons. The minimum absolute atomic E-state index is 0.00819. The lowest BCUT2D eigenvalue weighted by atomic mass is 10.4. The summed E-state index contributed by atoms with van der Waals surface area (Å²) >= 11 is 0. The van der Waals surface area contributed by atoms with E-state index in [0.29, 0.717) is 6.61 Å². The van der Waals surface area contributed by atoms with Gasteiger partial charge in [0.1, 0.15) is 6.54 Å². The molecule has 0 heterocycles. The van der Waals surface area contributed by atoms with Gasteiger partial charge >= 0.3 is 5.97 Å². The zero-order valence-electron chi connectivity index (χ0n) is 9.52. The van der Waals surface area contributed by atoms with Crippen LogP contribution in [0.5, 0.6) is 0 Å². The summed E-state index contributed by atoms with van der Waals surface area (Å²) in [6, 6.07) is 0. The molecule has 0 N–H and O–H groups in total. The van der Waals surface area contributed by atoms with E-state index in [2.05, 4.69) is 0 Å².